The quantitative estimate of drug-likeness (QED) is 0.401. The summed E-state index contributed by atoms with van der Waals surface area (Å²) in [7, 11) is 0. The van der Waals surface area contributed by atoms with Crippen LogP contribution in [0.3, 0.4) is 0 Å². The lowest BCUT2D eigenvalue weighted by Gasteiger charge is -2.26. The minimum absolute atomic E-state index is 0.259. The smallest absolute Gasteiger partial charge is 0.305 e. The van der Waals surface area contributed by atoms with E-state index in [-0.39, 0.29) is 22.2 Å². The van der Waals surface area contributed by atoms with Crippen molar-refractivity contribution in [3.05, 3.63) is 64.6 Å². The number of aliphatic carboxylic acids is 1. The standard InChI is InChI=1S/C19H15NO5S2/c21-14-7-6-11(8-15(14)22)9-16-18(25)20(19(26)27-16)13(10-17(23)24)12-4-2-1-3-5-12/h1-9,13,21-22H,10H2,(H,23,24)/b16-9+/t13-/m0/s1. The molecule has 2 aromatic rings. The highest BCUT2D eigenvalue weighted by atomic mass is 32.2. The number of rotatable bonds is 5. The first kappa shape index (κ1) is 18.9. The van der Waals surface area contributed by atoms with E-state index in [0.29, 0.717) is 16.0 Å². The molecule has 0 aromatic heterocycles. The Morgan fingerprint density at radius 1 is 1.15 bits per heavy atom. The maximum absolute atomic E-state index is 12.9. The first-order valence-corrected chi connectivity index (χ1v) is 9.15. The van der Waals surface area contributed by atoms with Gasteiger partial charge in [-0.25, -0.2) is 0 Å². The molecule has 1 aliphatic rings. The van der Waals surface area contributed by atoms with Gasteiger partial charge in [0, 0.05) is 0 Å². The molecule has 0 spiro atoms. The lowest BCUT2D eigenvalue weighted by molar-refractivity contribution is -0.138. The number of phenolic OH excluding ortho intramolecular Hbond substituents is 2. The van der Waals surface area contributed by atoms with Crippen molar-refractivity contribution in [3.63, 3.8) is 0 Å². The van der Waals surface area contributed by atoms with Crippen molar-refractivity contribution in [2.45, 2.75) is 12.5 Å². The van der Waals surface area contributed by atoms with Gasteiger partial charge in [-0.2, -0.15) is 0 Å². The van der Waals surface area contributed by atoms with Crippen molar-refractivity contribution in [3.8, 4) is 11.5 Å². The summed E-state index contributed by atoms with van der Waals surface area (Å²) in [5.74, 6) is -1.99. The van der Waals surface area contributed by atoms with E-state index in [1.54, 1.807) is 36.4 Å². The van der Waals surface area contributed by atoms with Crippen LogP contribution in [0.2, 0.25) is 0 Å². The molecule has 1 fully saturated rings. The molecule has 6 nitrogen and oxygen atoms in total. The van der Waals surface area contributed by atoms with Crippen LogP contribution in [0, 0.1) is 0 Å². The number of hydrogen-bond acceptors (Lipinski definition) is 6. The zero-order valence-corrected chi connectivity index (χ0v) is 15.5. The van der Waals surface area contributed by atoms with E-state index in [9.17, 15) is 24.9 Å². The number of carboxylic acid groups (broad SMARTS) is 1. The van der Waals surface area contributed by atoms with Gasteiger partial charge in [-0.05, 0) is 29.3 Å². The van der Waals surface area contributed by atoms with E-state index in [0.717, 1.165) is 11.8 Å². The lowest BCUT2D eigenvalue weighted by Crippen LogP contribution is -2.34. The fourth-order valence-corrected chi connectivity index (χ4v) is 4.09. The Bertz CT molecular complexity index is 942. The summed E-state index contributed by atoms with van der Waals surface area (Å²) < 4.78 is 0.268. The van der Waals surface area contributed by atoms with Gasteiger partial charge >= 0.3 is 5.97 Å². The molecular formula is C19H15NO5S2. The molecule has 1 saturated heterocycles. The average Bonchev–Trinajstić information content (AvgIpc) is 2.90. The van der Waals surface area contributed by atoms with Crippen LogP contribution in [0.5, 0.6) is 11.5 Å². The van der Waals surface area contributed by atoms with Gasteiger partial charge in [0.05, 0.1) is 17.4 Å². The molecule has 0 saturated carbocycles. The highest BCUT2D eigenvalue weighted by molar-refractivity contribution is 8.26. The van der Waals surface area contributed by atoms with Gasteiger partial charge in [-0.3, -0.25) is 14.5 Å². The maximum atomic E-state index is 12.9. The van der Waals surface area contributed by atoms with Gasteiger partial charge < -0.3 is 15.3 Å². The highest BCUT2D eigenvalue weighted by Gasteiger charge is 2.38. The monoisotopic (exact) mass is 401 g/mol. The average molecular weight is 401 g/mol. The number of benzene rings is 2. The molecule has 1 atom stereocenters. The molecule has 2 aromatic carbocycles. The number of thiocarbonyl (C=S) groups is 1. The molecule has 0 bridgehead atoms. The molecule has 1 amide bonds. The van der Waals surface area contributed by atoms with Gasteiger partial charge in [-0.1, -0.05) is 60.4 Å². The number of nitrogens with zero attached hydrogens (tertiary/aromatic N) is 1. The Morgan fingerprint density at radius 2 is 1.85 bits per heavy atom. The summed E-state index contributed by atoms with van der Waals surface area (Å²) in [5.41, 5.74) is 1.19. The number of hydrogen-bond donors (Lipinski definition) is 3. The Kier molecular flexibility index (Phi) is 5.48. The minimum atomic E-state index is -1.04. The van der Waals surface area contributed by atoms with E-state index in [1.165, 1.54) is 17.0 Å². The van der Waals surface area contributed by atoms with Crippen molar-refractivity contribution in [1.82, 2.24) is 4.90 Å². The van der Waals surface area contributed by atoms with Gasteiger partial charge in [0.1, 0.15) is 4.32 Å². The molecule has 3 rings (SSSR count). The number of carboxylic acids is 1. The Hall–Kier alpha value is -2.84. The number of phenols is 2. The molecule has 0 unspecified atom stereocenters. The van der Waals surface area contributed by atoms with Crippen LogP contribution in [0.1, 0.15) is 23.6 Å². The Morgan fingerprint density at radius 3 is 2.48 bits per heavy atom. The van der Waals surface area contributed by atoms with Crippen molar-refractivity contribution < 1.29 is 24.9 Å². The second kappa shape index (κ2) is 7.81. The van der Waals surface area contributed by atoms with E-state index >= 15 is 0 Å². The predicted molar refractivity (Wildman–Crippen MR) is 106 cm³/mol. The van der Waals surface area contributed by atoms with Crippen LogP contribution >= 0.6 is 24.0 Å². The topological polar surface area (TPSA) is 98.1 Å². The SMILES string of the molecule is O=C(O)C[C@@H](c1ccccc1)N1C(=O)/C(=C\c2ccc(O)c(O)c2)SC1=S. The number of carbonyl (C=O) groups excluding carboxylic acids is 1. The van der Waals surface area contributed by atoms with E-state index < -0.39 is 17.9 Å². The second-order valence-corrected chi connectivity index (χ2v) is 7.50. The summed E-state index contributed by atoms with van der Waals surface area (Å²) in [6.07, 6.45) is 1.27. The van der Waals surface area contributed by atoms with Crippen LogP contribution in [0.25, 0.3) is 6.08 Å². The van der Waals surface area contributed by atoms with Gasteiger partial charge in [0.25, 0.3) is 5.91 Å². The van der Waals surface area contributed by atoms with E-state index in [1.807, 2.05) is 6.07 Å². The van der Waals surface area contributed by atoms with Gasteiger partial charge in [-0.15, -0.1) is 0 Å². The van der Waals surface area contributed by atoms with Gasteiger partial charge in [0.2, 0.25) is 0 Å². The highest BCUT2D eigenvalue weighted by Crippen LogP contribution is 2.40. The number of aromatic hydroxyl groups is 2. The van der Waals surface area contributed by atoms with Crippen molar-refractivity contribution >= 4 is 46.3 Å². The molecular weight excluding hydrogens is 386 g/mol. The molecule has 8 heteroatoms. The van der Waals surface area contributed by atoms with E-state index in [2.05, 4.69) is 0 Å². The fourth-order valence-electron chi connectivity index (χ4n) is 2.73. The molecule has 3 N–H and O–H groups in total. The molecule has 27 heavy (non-hydrogen) atoms. The first-order chi connectivity index (χ1) is 12.9. The third-order valence-corrected chi connectivity index (χ3v) is 5.32. The van der Waals surface area contributed by atoms with Crippen LogP contribution < -0.4 is 0 Å². The van der Waals surface area contributed by atoms with Crippen LogP contribution in [-0.4, -0.2) is 36.4 Å². The lowest BCUT2D eigenvalue weighted by atomic mass is 10.0. The van der Waals surface area contributed by atoms with Crippen molar-refractivity contribution in [2.75, 3.05) is 0 Å². The predicted octanol–water partition coefficient (Wildman–Crippen LogP) is 3.52. The maximum Gasteiger partial charge on any atom is 0.305 e. The van der Waals surface area contributed by atoms with Crippen molar-refractivity contribution in [1.29, 1.82) is 0 Å². The first-order valence-electron chi connectivity index (χ1n) is 7.92. The summed E-state index contributed by atoms with van der Waals surface area (Å²) in [6.45, 7) is 0. The van der Waals surface area contributed by atoms with Crippen LogP contribution in [-0.2, 0) is 9.59 Å². The zero-order valence-electron chi connectivity index (χ0n) is 13.9. The van der Waals surface area contributed by atoms with Crippen molar-refractivity contribution in [2.24, 2.45) is 0 Å². The number of carbonyl (C=O) groups is 2. The normalized spacial score (nSPS) is 16.7. The molecule has 1 heterocycles. The zero-order chi connectivity index (χ0) is 19.6. The van der Waals surface area contributed by atoms with Crippen LogP contribution in [0.15, 0.2) is 53.4 Å². The Balaban J connectivity index is 1.95. The minimum Gasteiger partial charge on any atom is -0.504 e. The van der Waals surface area contributed by atoms with Gasteiger partial charge in [0.15, 0.2) is 11.5 Å². The second-order valence-electron chi connectivity index (χ2n) is 5.82. The third kappa shape index (κ3) is 4.12. The number of amides is 1. The summed E-state index contributed by atoms with van der Waals surface area (Å²) in [4.78, 5) is 25.9. The Labute approximate surface area is 164 Å². The molecule has 1 aliphatic heterocycles. The summed E-state index contributed by atoms with van der Waals surface area (Å²) >= 11 is 6.40. The van der Waals surface area contributed by atoms with Crippen LogP contribution in [0.4, 0.5) is 0 Å². The van der Waals surface area contributed by atoms with E-state index in [4.69, 9.17) is 12.2 Å². The molecule has 0 aliphatic carbocycles. The molecule has 0 radical (unpaired) electrons. The summed E-state index contributed by atoms with van der Waals surface area (Å²) in [5, 5.41) is 28.3. The largest absolute Gasteiger partial charge is 0.504 e. The molecule has 138 valence electrons. The third-order valence-electron chi connectivity index (χ3n) is 3.98. The summed E-state index contributed by atoms with van der Waals surface area (Å²) in [6, 6.07) is 12.4. The fraction of sp³-hybridized carbons (Fsp3) is 0.105. The number of thioether (sulfide) groups is 1.